The quantitative estimate of drug-likeness (QED) is 0.519. The Hall–Kier alpha value is -3.32. The van der Waals surface area contributed by atoms with Crippen LogP contribution in [0.25, 0.3) is 0 Å². The predicted octanol–water partition coefficient (Wildman–Crippen LogP) is 4.77. The maximum Gasteiger partial charge on any atom is 0.251 e. The van der Waals surface area contributed by atoms with Crippen molar-refractivity contribution in [3.05, 3.63) is 94.5 Å². The highest BCUT2D eigenvalue weighted by atomic mass is 32.2. The number of methoxy groups -OCH3 is 1. The second-order valence-corrected chi connectivity index (χ2v) is 10.1. The first-order valence-electron chi connectivity index (χ1n) is 10.7. The molecular weight excluding hydrogens is 436 g/mol. The van der Waals surface area contributed by atoms with Crippen LogP contribution < -0.4 is 14.4 Å². The van der Waals surface area contributed by atoms with Gasteiger partial charge in [0.25, 0.3) is 5.91 Å². The zero-order valence-electron chi connectivity index (χ0n) is 19.6. The molecule has 174 valence electrons. The predicted molar refractivity (Wildman–Crippen MR) is 132 cm³/mol. The van der Waals surface area contributed by atoms with E-state index in [4.69, 9.17) is 4.74 Å². The van der Waals surface area contributed by atoms with E-state index in [1.165, 1.54) is 10.6 Å². The molecule has 1 unspecified atom stereocenters. The molecule has 1 atom stereocenters. The monoisotopic (exact) mass is 466 g/mol. The minimum Gasteiger partial charge on any atom is -0.496 e. The molecule has 3 aromatic carbocycles. The number of para-hydroxylation sites is 1. The summed E-state index contributed by atoms with van der Waals surface area (Å²) in [6.45, 7) is 6.03. The number of anilines is 1. The Balaban J connectivity index is 1.75. The average molecular weight is 467 g/mol. The maximum absolute atomic E-state index is 12.8. The van der Waals surface area contributed by atoms with Gasteiger partial charge in [-0.15, -0.1) is 0 Å². The van der Waals surface area contributed by atoms with Gasteiger partial charge in [-0.1, -0.05) is 36.4 Å². The van der Waals surface area contributed by atoms with Crippen LogP contribution >= 0.6 is 0 Å². The topological polar surface area (TPSA) is 75.7 Å². The Morgan fingerprint density at radius 1 is 1.00 bits per heavy atom. The number of carbonyl (C=O) groups excluding carboxylic acids is 1. The molecule has 0 saturated heterocycles. The molecule has 6 nitrogen and oxygen atoms in total. The summed E-state index contributed by atoms with van der Waals surface area (Å²) in [4.78, 5) is 12.8. The number of hydrogen-bond acceptors (Lipinski definition) is 4. The third-order valence-electron chi connectivity index (χ3n) is 5.67. The van der Waals surface area contributed by atoms with E-state index < -0.39 is 10.0 Å². The van der Waals surface area contributed by atoms with E-state index in [1.54, 1.807) is 31.4 Å². The van der Waals surface area contributed by atoms with Crippen molar-refractivity contribution in [3.8, 4) is 5.75 Å². The molecule has 0 bridgehead atoms. The summed E-state index contributed by atoms with van der Waals surface area (Å²) < 4.78 is 31.7. The Morgan fingerprint density at radius 2 is 1.67 bits per heavy atom. The molecule has 3 rings (SSSR count). The van der Waals surface area contributed by atoms with E-state index in [9.17, 15) is 13.2 Å². The van der Waals surface area contributed by atoms with Crippen LogP contribution in [0.4, 0.5) is 5.69 Å². The number of carbonyl (C=O) groups is 1. The Bertz CT molecular complexity index is 1240. The maximum atomic E-state index is 12.8. The van der Waals surface area contributed by atoms with Gasteiger partial charge in [0.05, 0.1) is 31.6 Å². The number of benzene rings is 3. The third kappa shape index (κ3) is 5.93. The fourth-order valence-electron chi connectivity index (χ4n) is 3.59. The smallest absolute Gasteiger partial charge is 0.251 e. The van der Waals surface area contributed by atoms with Crippen LogP contribution in [0.1, 0.15) is 45.6 Å². The summed E-state index contributed by atoms with van der Waals surface area (Å²) in [5.41, 5.74) is 4.92. The number of amides is 1. The minimum absolute atomic E-state index is 0.181. The van der Waals surface area contributed by atoms with Crippen LogP contribution in [-0.2, 0) is 16.6 Å². The fraction of sp³-hybridized carbons (Fsp3) is 0.269. The van der Waals surface area contributed by atoms with Crippen molar-refractivity contribution in [1.29, 1.82) is 0 Å². The molecule has 7 heteroatoms. The van der Waals surface area contributed by atoms with Crippen molar-refractivity contribution >= 4 is 21.6 Å². The molecule has 33 heavy (non-hydrogen) atoms. The minimum atomic E-state index is -3.48. The number of ether oxygens (including phenoxy) is 1. The van der Waals surface area contributed by atoms with Crippen LogP contribution in [0, 0.1) is 13.8 Å². The number of aryl methyl sites for hydroxylation is 2. The van der Waals surface area contributed by atoms with Crippen molar-refractivity contribution in [1.82, 2.24) is 5.32 Å². The summed E-state index contributed by atoms with van der Waals surface area (Å²) in [5.74, 6) is 0.502. The second kappa shape index (κ2) is 10.1. The standard InChI is InChI=1S/C26H30N2O4S/c1-18-10-15-23(16-19(18)2)28(33(5,30)31)17-21-11-13-22(14-12-21)26(29)27-20(3)24-8-6-7-9-25(24)32-4/h6-16,20H,17H2,1-5H3,(H,27,29). The van der Waals surface area contributed by atoms with Crippen LogP contribution in [0.2, 0.25) is 0 Å². The lowest BCUT2D eigenvalue weighted by Crippen LogP contribution is -2.29. The largest absolute Gasteiger partial charge is 0.496 e. The number of sulfonamides is 1. The zero-order chi connectivity index (χ0) is 24.2. The molecule has 3 aromatic rings. The molecule has 0 saturated carbocycles. The van der Waals surface area contributed by atoms with Gasteiger partial charge in [0.1, 0.15) is 5.75 Å². The molecule has 0 aliphatic carbocycles. The highest BCUT2D eigenvalue weighted by Gasteiger charge is 2.19. The summed E-state index contributed by atoms with van der Waals surface area (Å²) in [6, 6.07) is 19.9. The first kappa shape index (κ1) is 24.3. The third-order valence-corrected chi connectivity index (χ3v) is 6.81. The van der Waals surface area contributed by atoms with Crippen molar-refractivity contribution < 1.29 is 17.9 Å². The average Bonchev–Trinajstić information content (AvgIpc) is 2.79. The molecule has 0 fully saturated rings. The van der Waals surface area contributed by atoms with Gasteiger partial charge < -0.3 is 10.1 Å². The van der Waals surface area contributed by atoms with Gasteiger partial charge in [-0.3, -0.25) is 9.10 Å². The first-order chi connectivity index (χ1) is 15.6. The fourth-order valence-corrected chi connectivity index (χ4v) is 4.47. The molecule has 0 aliphatic heterocycles. The van der Waals surface area contributed by atoms with Gasteiger partial charge >= 0.3 is 0 Å². The van der Waals surface area contributed by atoms with Crippen molar-refractivity contribution in [2.75, 3.05) is 17.7 Å². The first-order valence-corrected chi connectivity index (χ1v) is 12.5. The second-order valence-electron chi connectivity index (χ2n) is 8.17. The van der Waals surface area contributed by atoms with E-state index in [1.807, 2.05) is 63.2 Å². The lowest BCUT2D eigenvalue weighted by Gasteiger charge is -2.23. The van der Waals surface area contributed by atoms with Gasteiger partial charge in [0.15, 0.2) is 0 Å². The van der Waals surface area contributed by atoms with Crippen molar-refractivity contribution in [2.24, 2.45) is 0 Å². The molecular formula is C26H30N2O4S. The van der Waals surface area contributed by atoms with Crippen LogP contribution in [-0.4, -0.2) is 27.7 Å². The highest BCUT2D eigenvalue weighted by Crippen LogP contribution is 2.25. The van der Waals surface area contributed by atoms with Crippen molar-refractivity contribution in [2.45, 2.75) is 33.4 Å². The molecule has 0 aliphatic rings. The van der Waals surface area contributed by atoms with E-state index in [0.717, 1.165) is 22.3 Å². The van der Waals surface area contributed by atoms with E-state index in [2.05, 4.69) is 5.32 Å². The van der Waals surface area contributed by atoms with Crippen LogP contribution in [0.15, 0.2) is 66.7 Å². The summed E-state index contributed by atoms with van der Waals surface area (Å²) >= 11 is 0. The van der Waals surface area contributed by atoms with Crippen LogP contribution in [0.5, 0.6) is 5.75 Å². The van der Waals surface area contributed by atoms with Gasteiger partial charge in [-0.05, 0) is 67.8 Å². The molecule has 0 aromatic heterocycles. The number of rotatable bonds is 8. The normalized spacial score (nSPS) is 12.2. The highest BCUT2D eigenvalue weighted by molar-refractivity contribution is 7.92. The molecule has 0 spiro atoms. The van der Waals surface area contributed by atoms with Gasteiger partial charge in [0, 0.05) is 11.1 Å². The zero-order valence-corrected chi connectivity index (χ0v) is 20.4. The van der Waals surface area contributed by atoms with Crippen molar-refractivity contribution in [3.63, 3.8) is 0 Å². The van der Waals surface area contributed by atoms with Gasteiger partial charge in [-0.2, -0.15) is 0 Å². The number of nitrogens with one attached hydrogen (secondary N) is 1. The Kier molecular flexibility index (Phi) is 7.43. The van der Waals surface area contributed by atoms with E-state index in [-0.39, 0.29) is 18.5 Å². The number of nitrogens with zero attached hydrogens (tertiary/aromatic N) is 1. The lowest BCUT2D eigenvalue weighted by atomic mass is 10.1. The molecule has 0 heterocycles. The van der Waals surface area contributed by atoms with E-state index >= 15 is 0 Å². The SMILES string of the molecule is COc1ccccc1C(C)NC(=O)c1ccc(CN(c2ccc(C)c(C)c2)S(C)(=O)=O)cc1. The van der Waals surface area contributed by atoms with Gasteiger partial charge in [-0.25, -0.2) is 8.42 Å². The Labute approximate surface area is 196 Å². The molecule has 1 amide bonds. The van der Waals surface area contributed by atoms with E-state index in [0.29, 0.717) is 17.0 Å². The Morgan fingerprint density at radius 3 is 2.27 bits per heavy atom. The summed E-state index contributed by atoms with van der Waals surface area (Å²) in [5, 5.41) is 2.98. The van der Waals surface area contributed by atoms with Gasteiger partial charge in [0.2, 0.25) is 10.0 Å². The molecule has 1 N–H and O–H groups in total. The molecule has 0 radical (unpaired) electrons. The lowest BCUT2D eigenvalue weighted by molar-refractivity contribution is 0.0939. The summed E-state index contributed by atoms with van der Waals surface area (Å²) in [6.07, 6.45) is 1.20. The van der Waals surface area contributed by atoms with Crippen LogP contribution in [0.3, 0.4) is 0 Å². The number of hydrogen-bond donors (Lipinski definition) is 1. The summed E-state index contributed by atoms with van der Waals surface area (Å²) in [7, 11) is -1.88.